The number of para-hydroxylation sites is 1. The van der Waals surface area contributed by atoms with Crippen LogP contribution < -0.4 is 5.32 Å². The lowest BCUT2D eigenvalue weighted by Gasteiger charge is -2.04. The van der Waals surface area contributed by atoms with Crippen molar-refractivity contribution in [3.05, 3.63) is 72.3 Å². The topological polar surface area (TPSA) is 64.0 Å². The van der Waals surface area contributed by atoms with Gasteiger partial charge in [-0.2, -0.15) is 5.10 Å². The number of carbonyl (C=O) groups excluding carboxylic acids is 1. The fourth-order valence-electron chi connectivity index (χ4n) is 2.14. The van der Waals surface area contributed by atoms with Gasteiger partial charge in [-0.15, -0.1) is 0 Å². The van der Waals surface area contributed by atoms with Gasteiger partial charge in [0.15, 0.2) is 5.69 Å². The van der Waals surface area contributed by atoms with Crippen LogP contribution in [0.5, 0.6) is 0 Å². The van der Waals surface area contributed by atoms with Crippen LogP contribution in [0.25, 0.3) is 5.69 Å². The van der Waals surface area contributed by atoms with Crippen LogP contribution in [0.3, 0.4) is 0 Å². The van der Waals surface area contributed by atoms with E-state index in [0.717, 1.165) is 0 Å². The summed E-state index contributed by atoms with van der Waals surface area (Å²) in [5.74, 6) is -0.828. The maximum atomic E-state index is 13.7. The first kappa shape index (κ1) is 16.1. The van der Waals surface area contributed by atoms with E-state index >= 15 is 0 Å². The van der Waals surface area contributed by atoms with Crippen molar-refractivity contribution >= 4 is 22.4 Å². The summed E-state index contributed by atoms with van der Waals surface area (Å²) in [6, 6.07) is 14.4. The van der Waals surface area contributed by atoms with Crippen molar-refractivity contribution in [2.45, 2.75) is 4.90 Å². The lowest BCUT2D eigenvalue weighted by atomic mass is 10.3. The largest absolute Gasteiger partial charge is 0.321 e. The molecule has 1 aromatic heterocycles. The molecule has 0 radical (unpaired) electrons. The van der Waals surface area contributed by atoms with E-state index in [0.29, 0.717) is 10.6 Å². The standard InChI is InChI=1S/C17H14FN3O2S/c1-24(23)13-8-6-12(7-9-13)19-17(22)15-10-11-21(20-15)16-5-3-2-4-14(16)18/h2-11H,1H3,(H,19,22). The Morgan fingerprint density at radius 3 is 2.50 bits per heavy atom. The molecule has 1 amide bonds. The van der Waals surface area contributed by atoms with Gasteiger partial charge < -0.3 is 5.32 Å². The fraction of sp³-hybridized carbons (Fsp3) is 0.0588. The van der Waals surface area contributed by atoms with Crippen molar-refractivity contribution in [1.82, 2.24) is 9.78 Å². The van der Waals surface area contributed by atoms with Crippen LogP contribution >= 0.6 is 0 Å². The Bertz CT molecular complexity index is 906. The van der Waals surface area contributed by atoms with Crippen LogP contribution in [-0.2, 0) is 10.8 Å². The Labute approximate surface area is 140 Å². The van der Waals surface area contributed by atoms with Crippen LogP contribution in [-0.4, -0.2) is 26.2 Å². The summed E-state index contributed by atoms with van der Waals surface area (Å²) in [5.41, 5.74) is 1.00. The molecule has 5 nitrogen and oxygen atoms in total. The molecule has 0 saturated carbocycles. The van der Waals surface area contributed by atoms with Crippen molar-refractivity contribution in [1.29, 1.82) is 0 Å². The van der Waals surface area contributed by atoms with Gasteiger partial charge in [0, 0.05) is 33.8 Å². The van der Waals surface area contributed by atoms with Crippen molar-refractivity contribution in [2.75, 3.05) is 11.6 Å². The number of amides is 1. The Balaban J connectivity index is 1.76. The average Bonchev–Trinajstić information content (AvgIpc) is 3.05. The maximum absolute atomic E-state index is 13.7. The highest BCUT2D eigenvalue weighted by Crippen LogP contribution is 2.15. The van der Waals surface area contributed by atoms with Crippen LogP contribution in [0.2, 0.25) is 0 Å². The second-order valence-electron chi connectivity index (χ2n) is 5.03. The zero-order valence-corrected chi connectivity index (χ0v) is 13.6. The summed E-state index contributed by atoms with van der Waals surface area (Å²) >= 11 is 0. The average molecular weight is 343 g/mol. The first-order valence-electron chi connectivity index (χ1n) is 7.10. The Hall–Kier alpha value is -2.80. The van der Waals surface area contributed by atoms with Gasteiger partial charge in [0.25, 0.3) is 5.91 Å². The van der Waals surface area contributed by atoms with Crippen LogP contribution in [0, 0.1) is 5.82 Å². The molecule has 1 atom stereocenters. The van der Waals surface area contributed by atoms with Gasteiger partial charge in [-0.1, -0.05) is 12.1 Å². The third-order valence-electron chi connectivity index (χ3n) is 3.37. The van der Waals surface area contributed by atoms with Crippen molar-refractivity contribution in [3.8, 4) is 5.69 Å². The summed E-state index contributed by atoms with van der Waals surface area (Å²) in [6.45, 7) is 0. The summed E-state index contributed by atoms with van der Waals surface area (Å²) in [6.07, 6.45) is 3.11. The molecule has 24 heavy (non-hydrogen) atoms. The first-order valence-corrected chi connectivity index (χ1v) is 8.66. The van der Waals surface area contributed by atoms with Crippen LogP contribution in [0.1, 0.15) is 10.5 Å². The minimum Gasteiger partial charge on any atom is -0.321 e. The van der Waals surface area contributed by atoms with E-state index in [-0.39, 0.29) is 11.4 Å². The zero-order valence-electron chi connectivity index (χ0n) is 12.8. The number of nitrogens with one attached hydrogen (secondary N) is 1. The highest BCUT2D eigenvalue weighted by atomic mass is 32.2. The fourth-order valence-corrected chi connectivity index (χ4v) is 2.66. The summed E-state index contributed by atoms with van der Waals surface area (Å²) in [4.78, 5) is 12.9. The Kier molecular flexibility index (Phi) is 4.52. The second-order valence-corrected chi connectivity index (χ2v) is 6.41. The van der Waals surface area contributed by atoms with Gasteiger partial charge in [0.05, 0.1) is 0 Å². The number of anilines is 1. The number of carbonyl (C=O) groups is 1. The van der Waals surface area contributed by atoms with E-state index in [9.17, 15) is 13.4 Å². The number of aromatic nitrogens is 2. The molecule has 0 spiro atoms. The van der Waals surface area contributed by atoms with Crippen LogP contribution in [0.4, 0.5) is 10.1 Å². The molecule has 3 aromatic rings. The highest BCUT2D eigenvalue weighted by Gasteiger charge is 2.12. The van der Waals surface area contributed by atoms with E-state index in [2.05, 4.69) is 10.4 Å². The number of rotatable bonds is 4. The molecule has 3 rings (SSSR count). The van der Waals surface area contributed by atoms with Crippen molar-refractivity contribution in [2.24, 2.45) is 0 Å². The molecule has 0 bridgehead atoms. The molecule has 1 heterocycles. The van der Waals surface area contributed by atoms with E-state index in [4.69, 9.17) is 0 Å². The van der Waals surface area contributed by atoms with Crippen molar-refractivity contribution in [3.63, 3.8) is 0 Å². The maximum Gasteiger partial charge on any atom is 0.276 e. The van der Waals surface area contributed by atoms with Gasteiger partial charge in [0.1, 0.15) is 11.5 Å². The van der Waals surface area contributed by atoms with E-state index in [1.807, 2.05) is 0 Å². The van der Waals surface area contributed by atoms with Crippen molar-refractivity contribution < 1.29 is 13.4 Å². The van der Waals surface area contributed by atoms with Gasteiger partial charge in [0.2, 0.25) is 0 Å². The first-order chi connectivity index (χ1) is 11.5. The van der Waals surface area contributed by atoms with Gasteiger partial charge in [-0.05, 0) is 42.5 Å². The number of halogens is 1. The molecule has 0 fully saturated rings. The molecule has 7 heteroatoms. The lowest BCUT2D eigenvalue weighted by Crippen LogP contribution is -2.13. The molecule has 1 N–H and O–H groups in total. The van der Waals surface area contributed by atoms with Crippen LogP contribution in [0.15, 0.2) is 65.7 Å². The molecule has 2 aromatic carbocycles. The van der Waals surface area contributed by atoms with E-state index in [1.54, 1.807) is 48.7 Å². The van der Waals surface area contributed by atoms with Gasteiger partial charge >= 0.3 is 0 Å². The third kappa shape index (κ3) is 3.41. The quantitative estimate of drug-likeness (QED) is 0.792. The predicted octanol–water partition coefficient (Wildman–Crippen LogP) is 3.00. The molecular formula is C17H14FN3O2S. The number of hydrogen-bond acceptors (Lipinski definition) is 3. The monoisotopic (exact) mass is 343 g/mol. The highest BCUT2D eigenvalue weighted by molar-refractivity contribution is 7.84. The number of benzene rings is 2. The summed E-state index contributed by atoms with van der Waals surface area (Å²) in [5, 5.41) is 6.80. The van der Waals surface area contributed by atoms with Gasteiger partial charge in [-0.25, -0.2) is 9.07 Å². The molecule has 122 valence electrons. The Morgan fingerprint density at radius 1 is 1.12 bits per heavy atom. The summed E-state index contributed by atoms with van der Waals surface area (Å²) in [7, 11) is -1.07. The molecule has 0 aliphatic heterocycles. The van der Waals surface area contributed by atoms with E-state index < -0.39 is 22.5 Å². The molecule has 1 unspecified atom stereocenters. The molecule has 0 aliphatic rings. The number of hydrogen-bond donors (Lipinski definition) is 1. The lowest BCUT2D eigenvalue weighted by molar-refractivity contribution is 0.102. The normalized spacial score (nSPS) is 11.9. The second kappa shape index (κ2) is 6.76. The predicted molar refractivity (Wildman–Crippen MR) is 90.2 cm³/mol. The Morgan fingerprint density at radius 2 is 1.83 bits per heavy atom. The molecule has 0 aliphatic carbocycles. The summed E-state index contributed by atoms with van der Waals surface area (Å²) < 4.78 is 26.4. The zero-order chi connectivity index (χ0) is 17.1. The molecule has 0 saturated heterocycles. The SMILES string of the molecule is CS(=O)c1ccc(NC(=O)c2ccn(-c3ccccc3F)n2)cc1. The van der Waals surface area contributed by atoms with E-state index in [1.165, 1.54) is 23.0 Å². The number of nitrogens with zero attached hydrogens (tertiary/aromatic N) is 2. The smallest absolute Gasteiger partial charge is 0.276 e. The minimum absolute atomic E-state index is 0.168. The van der Waals surface area contributed by atoms with Gasteiger partial charge in [-0.3, -0.25) is 9.00 Å². The third-order valence-corrected chi connectivity index (χ3v) is 4.30. The molecular weight excluding hydrogens is 329 g/mol. The minimum atomic E-state index is -1.07.